The van der Waals surface area contributed by atoms with Gasteiger partial charge in [0.25, 0.3) is 0 Å². The SMILES string of the molecule is Ic1cccc2c1[nH]c1c(I)cccc12. The zero-order valence-electron chi connectivity index (χ0n) is 7.72. The number of benzene rings is 2. The lowest BCUT2D eigenvalue weighted by atomic mass is 10.2. The maximum absolute atomic E-state index is 3.50. The zero-order valence-corrected chi connectivity index (χ0v) is 12.0. The first kappa shape index (κ1) is 9.89. The molecular formula is C12H7I2N. The van der Waals surface area contributed by atoms with Crippen molar-refractivity contribution in [2.24, 2.45) is 0 Å². The number of hydrogen-bond donors (Lipinski definition) is 1. The average Bonchev–Trinajstić information content (AvgIpc) is 2.60. The second kappa shape index (κ2) is 3.62. The summed E-state index contributed by atoms with van der Waals surface area (Å²) >= 11 is 4.74. The van der Waals surface area contributed by atoms with Crippen molar-refractivity contribution in [2.75, 3.05) is 0 Å². The number of aromatic nitrogens is 1. The molecule has 0 spiro atoms. The van der Waals surface area contributed by atoms with Crippen LogP contribution in [0.3, 0.4) is 0 Å². The van der Waals surface area contributed by atoms with Gasteiger partial charge >= 0.3 is 0 Å². The summed E-state index contributed by atoms with van der Waals surface area (Å²) in [7, 11) is 0. The molecule has 0 aliphatic rings. The van der Waals surface area contributed by atoms with Crippen LogP contribution in [0.1, 0.15) is 0 Å². The Morgan fingerprint density at radius 3 is 1.67 bits per heavy atom. The van der Waals surface area contributed by atoms with E-state index in [1.807, 2.05) is 0 Å². The van der Waals surface area contributed by atoms with Crippen molar-refractivity contribution in [2.45, 2.75) is 0 Å². The molecule has 0 saturated carbocycles. The number of fused-ring (bicyclic) bond motifs is 3. The highest BCUT2D eigenvalue weighted by molar-refractivity contribution is 14.1. The summed E-state index contributed by atoms with van der Waals surface area (Å²) in [6.45, 7) is 0. The standard InChI is InChI=1S/C12H7I2N/c13-9-5-1-3-7-8-4-2-6-10(14)12(8)15-11(7)9/h1-6,15H. The van der Waals surface area contributed by atoms with Crippen molar-refractivity contribution in [1.29, 1.82) is 0 Å². The molecule has 3 aromatic rings. The van der Waals surface area contributed by atoms with Gasteiger partial charge in [0.2, 0.25) is 0 Å². The van der Waals surface area contributed by atoms with E-state index < -0.39 is 0 Å². The molecule has 1 aromatic heterocycles. The highest BCUT2D eigenvalue weighted by Gasteiger charge is 2.07. The maximum atomic E-state index is 3.50. The van der Waals surface area contributed by atoms with E-state index in [1.54, 1.807) is 0 Å². The molecule has 2 aromatic carbocycles. The molecule has 0 atom stereocenters. The molecule has 0 amide bonds. The van der Waals surface area contributed by atoms with Crippen molar-refractivity contribution in [1.82, 2.24) is 4.98 Å². The molecule has 1 N–H and O–H groups in total. The Morgan fingerprint density at radius 1 is 0.733 bits per heavy atom. The topological polar surface area (TPSA) is 15.8 Å². The lowest BCUT2D eigenvalue weighted by Crippen LogP contribution is -1.74. The Morgan fingerprint density at radius 2 is 1.20 bits per heavy atom. The van der Waals surface area contributed by atoms with Gasteiger partial charge in [-0.1, -0.05) is 24.3 Å². The lowest BCUT2D eigenvalue weighted by molar-refractivity contribution is 1.51. The Labute approximate surface area is 115 Å². The summed E-state index contributed by atoms with van der Waals surface area (Å²) in [6, 6.07) is 12.8. The molecule has 0 radical (unpaired) electrons. The molecule has 0 bridgehead atoms. The largest absolute Gasteiger partial charge is 0.353 e. The third-order valence-electron chi connectivity index (χ3n) is 2.57. The van der Waals surface area contributed by atoms with Crippen LogP contribution in [-0.4, -0.2) is 4.98 Å². The van der Waals surface area contributed by atoms with Gasteiger partial charge in [-0.05, 0) is 57.3 Å². The van der Waals surface area contributed by atoms with E-state index in [2.05, 4.69) is 86.6 Å². The smallest absolute Gasteiger partial charge is 0.0600 e. The number of hydrogen-bond acceptors (Lipinski definition) is 0. The van der Waals surface area contributed by atoms with Gasteiger partial charge < -0.3 is 4.98 Å². The third-order valence-corrected chi connectivity index (χ3v) is 4.37. The number of halogens is 2. The minimum absolute atomic E-state index is 1.25. The normalized spacial score (nSPS) is 11.3. The first-order chi connectivity index (χ1) is 7.27. The second-order valence-electron chi connectivity index (χ2n) is 3.45. The molecule has 3 rings (SSSR count). The van der Waals surface area contributed by atoms with E-state index in [4.69, 9.17) is 0 Å². The summed E-state index contributed by atoms with van der Waals surface area (Å²) in [5.41, 5.74) is 2.49. The molecule has 1 heterocycles. The van der Waals surface area contributed by atoms with Crippen LogP contribution >= 0.6 is 45.2 Å². The van der Waals surface area contributed by atoms with Crippen LogP contribution in [0.25, 0.3) is 21.8 Å². The minimum atomic E-state index is 1.25. The number of aromatic amines is 1. The fourth-order valence-electron chi connectivity index (χ4n) is 1.88. The zero-order chi connectivity index (χ0) is 10.4. The van der Waals surface area contributed by atoms with Crippen molar-refractivity contribution < 1.29 is 0 Å². The van der Waals surface area contributed by atoms with Gasteiger partial charge in [-0.3, -0.25) is 0 Å². The van der Waals surface area contributed by atoms with Gasteiger partial charge in [-0.2, -0.15) is 0 Å². The fourth-order valence-corrected chi connectivity index (χ4v) is 3.14. The molecule has 0 saturated heterocycles. The van der Waals surface area contributed by atoms with Gasteiger partial charge in [0.05, 0.1) is 11.0 Å². The van der Waals surface area contributed by atoms with Crippen LogP contribution in [0, 0.1) is 7.14 Å². The van der Waals surface area contributed by atoms with E-state index in [9.17, 15) is 0 Å². The lowest BCUT2D eigenvalue weighted by Gasteiger charge is -1.92. The fraction of sp³-hybridized carbons (Fsp3) is 0. The molecule has 0 fully saturated rings. The Balaban J connectivity index is 2.63. The number of para-hydroxylation sites is 2. The van der Waals surface area contributed by atoms with Crippen LogP contribution in [0.4, 0.5) is 0 Å². The molecule has 0 aliphatic carbocycles. The van der Waals surface area contributed by atoms with Crippen molar-refractivity contribution in [3.8, 4) is 0 Å². The Hall–Kier alpha value is -0.300. The first-order valence-corrected chi connectivity index (χ1v) is 6.77. The molecular weight excluding hydrogens is 412 g/mol. The number of nitrogens with one attached hydrogen (secondary N) is 1. The summed E-state index contributed by atoms with van der Waals surface area (Å²) < 4.78 is 2.55. The minimum Gasteiger partial charge on any atom is -0.353 e. The predicted octanol–water partition coefficient (Wildman–Crippen LogP) is 4.53. The van der Waals surface area contributed by atoms with Crippen LogP contribution < -0.4 is 0 Å². The Kier molecular flexibility index (Phi) is 2.39. The molecule has 0 unspecified atom stereocenters. The summed E-state index contributed by atoms with van der Waals surface area (Å²) in [5, 5.41) is 2.63. The van der Waals surface area contributed by atoms with Gasteiger partial charge in [-0.15, -0.1) is 0 Å². The van der Waals surface area contributed by atoms with E-state index in [-0.39, 0.29) is 0 Å². The van der Waals surface area contributed by atoms with E-state index in [0.29, 0.717) is 0 Å². The molecule has 15 heavy (non-hydrogen) atoms. The van der Waals surface area contributed by atoms with Crippen molar-refractivity contribution >= 4 is 67.0 Å². The van der Waals surface area contributed by atoms with Gasteiger partial charge in [0, 0.05) is 17.9 Å². The average molecular weight is 419 g/mol. The van der Waals surface area contributed by atoms with Crippen LogP contribution in [0.2, 0.25) is 0 Å². The molecule has 0 aliphatic heterocycles. The third kappa shape index (κ3) is 1.47. The summed E-state index contributed by atoms with van der Waals surface area (Å²) in [5.74, 6) is 0. The quantitative estimate of drug-likeness (QED) is 0.516. The first-order valence-electron chi connectivity index (χ1n) is 4.62. The van der Waals surface area contributed by atoms with Crippen LogP contribution in [0.15, 0.2) is 36.4 Å². The van der Waals surface area contributed by atoms with E-state index >= 15 is 0 Å². The molecule has 74 valence electrons. The Bertz CT molecular complexity index is 599. The van der Waals surface area contributed by atoms with Gasteiger partial charge in [-0.25, -0.2) is 0 Å². The highest BCUT2D eigenvalue weighted by atomic mass is 127. The number of rotatable bonds is 0. The van der Waals surface area contributed by atoms with Gasteiger partial charge in [0.1, 0.15) is 0 Å². The van der Waals surface area contributed by atoms with E-state index in [1.165, 1.54) is 28.9 Å². The second-order valence-corrected chi connectivity index (χ2v) is 5.77. The number of H-pyrrole nitrogens is 1. The van der Waals surface area contributed by atoms with Crippen molar-refractivity contribution in [3.63, 3.8) is 0 Å². The highest BCUT2D eigenvalue weighted by Crippen LogP contribution is 2.30. The predicted molar refractivity (Wildman–Crippen MR) is 81.2 cm³/mol. The maximum Gasteiger partial charge on any atom is 0.0600 e. The molecule has 3 heteroatoms. The summed E-state index contributed by atoms with van der Waals surface area (Å²) in [6.07, 6.45) is 0. The summed E-state index contributed by atoms with van der Waals surface area (Å²) in [4.78, 5) is 3.50. The van der Waals surface area contributed by atoms with Crippen molar-refractivity contribution in [3.05, 3.63) is 43.5 Å². The van der Waals surface area contributed by atoms with E-state index in [0.717, 1.165) is 0 Å². The monoisotopic (exact) mass is 419 g/mol. The molecule has 1 nitrogen and oxygen atoms in total. The van der Waals surface area contributed by atoms with Gasteiger partial charge in [0.15, 0.2) is 0 Å². The van der Waals surface area contributed by atoms with Crippen LogP contribution in [-0.2, 0) is 0 Å². The van der Waals surface area contributed by atoms with Crippen LogP contribution in [0.5, 0.6) is 0 Å².